The molecule has 0 aromatic heterocycles. The first-order chi connectivity index (χ1) is 10.1. The molecule has 0 amide bonds. The maximum absolute atomic E-state index is 12.8. The van der Waals surface area contributed by atoms with E-state index >= 15 is 0 Å². The van der Waals surface area contributed by atoms with Crippen molar-refractivity contribution in [2.45, 2.75) is 9.79 Å². The largest absolute Gasteiger partial charge is 0.280 e. The maximum Gasteiger partial charge on any atom is 0.263 e. The summed E-state index contributed by atoms with van der Waals surface area (Å²) in [6, 6.07) is 8.04. The number of hydrogen-bond acceptors (Lipinski definition) is 4. The van der Waals surface area contributed by atoms with Crippen LogP contribution in [-0.2, 0) is 19.9 Å². The van der Waals surface area contributed by atoms with Crippen LogP contribution in [0.5, 0.6) is 0 Å². The summed E-state index contributed by atoms with van der Waals surface area (Å²) < 4.78 is 62.7. The van der Waals surface area contributed by atoms with Crippen molar-refractivity contribution in [1.29, 1.82) is 0 Å². The molecule has 2 aromatic rings. The van der Waals surface area contributed by atoms with E-state index in [-0.39, 0.29) is 20.5 Å². The van der Waals surface area contributed by atoms with Crippen LogP contribution < -0.4 is 4.72 Å². The molecule has 0 saturated heterocycles. The van der Waals surface area contributed by atoms with Gasteiger partial charge in [-0.15, -0.1) is 0 Å². The Morgan fingerprint density at radius 3 is 2.14 bits per heavy atom. The number of hydrogen-bond donors (Lipinski definition) is 1. The van der Waals surface area contributed by atoms with Crippen molar-refractivity contribution in [2.24, 2.45) is 0 Å². The highest BCUT2D eigenvalue weighted by molar-refractivity contribution is 7.93. The van der Waals surface area contributed by atoms with Gasteiger partial charge in [-0.2, -0.15) is 0 Å². The molecule has 0 spiro atoms. The number of rotatable bonds is 4. The summed E-state index contributed by atoms with van der Waals surface area (Å²) in [6.07, 6.45) is 0.958. The van der Waals surface area contributed by atoms with Crippen LogP contribution >= 0.6 is 11.6 Å². The van der Waals surface area contributed by atoms with Crippen LogP contribution in [0.3, 0.4) is 0 Å². The van der Waals surface area contributed by atoms with Gasteiger partial charge in [0.25, 0.3) is 10.0 Å². The lowest BCUT2D eigenvalue weighted by Crippen LogP contribution is -2.14. The van der Waals surface area contributed by atoms with Crippen LogP contribution in [0.25, 0.3) is 0 Å². The van der Waals surface area contributed by atoms with E-state index in [1.54, 1.807) is 0 Å². The molecule has 0 radical (unpaired) electrons. The first kappa shape index (κ1) is 16.7. The fourth-order valence-electron chi connectivity index (χ4n) is 1.65. The van der Waals surface area contributed by atoms with Crippen molar-refractivity contribution in [3.05, 3.63) is 53.3 Å². The first-order valence-corrected chi connectivity index (χ1v) is 9.63. The monoisotopic (exact) mass is 363 g/mol. The molecular formula is C13H11ClFNO4S2. The molecule has 0 aliphatic carbocycles. The predicted octanol–water partition coefficient (Wildman–Crippen LogP) is 2.68. The minimum Gasteiger partial charge on any atom is -0.280 e. The maximum atomic E-state index is 12.8. The molecule has 0 aliphatic heterocycles. The third-order valence-electron chi connectivity index (χ3n) is 2.72. The summed E-state index contributed by atoms with van der Waals surface area (Å²) in [4.78, 5) is -0.544. The zero-order valence-electron chi connectivity index (χ0n) is 11.2. The van der Waals surface area contributed by atoms with E-state index in [0.29, 0.717) is 0 Å². The summed E-state index contributed by atoms with van der Waals surface area (Å²) in [7, 11) is -7.69. The van der Waals surface area contributed by atoms with Crippen molar-refractivity contribution in [3.8, 4) is 0 Å². The standard InChI is InChI=1S/C13H11ClFNO4S2/c1-21(17,18)11-6-7-12(14)13(8-11)22(19,20)16-10-4-2-9(15)3-5-10/h2-8,16H,1H3. The summed E-state index contributed by atoms with van der Waals surface area (Å²) in [5.41, 5.74) is 0.127. The molecule has 118 valence electrons. The normalized spacial score (nSPS) is 12.1. The van der Waals surface area contributed by atoms with Crippen LogP contribution in [0.15, 0.2) is 52.3 Å². The van der Waals surface area contributed by atoms with Crippen LogP contribution in [0.2, 0.25) is 5.02 Å². The van der Waals surface area contributed by atoms with E-state index in [0.717, 1.165) is 24.5 Å². The molecule has 2 aromatic carbocycles. The Hall–Kier alpha value is -1.64. The Kier molecular flexibility index (Phi) is 4.46. The second kappa shape index (κ2) is 5.86. The van der Waals surface area contributed by atoms with Crippen LogP contribution in [0.1, 0.15) is 0 Å². The molecule has 22 heavy (non-hydrogen) atoms. The van der Waals surface area contributed by atoms with E-state index in [2.05, 4.69) is 4.72 Å². The number of sulfonamides is 1. The van der Waals surface area contributed by atoms with E-state index in [4.69, 9.17) is 11.6 Å². The molecule has 0 bridgehead atoms. The SMILES string of the molecule is CS(=O)(=O)c1ccc(Cl)c(S(=O)(=O)Nc2ccc(F)cc2)c1. The molecule has 0 aliphatic rings. The Bertz CT molecular complexity index is 910. The molecule has 5 nitrogen and oxygen atoms in total. The van der Waals surface area contributed by atoms with Crippen molar-refractivity contribution in [1.82, 2.24) is 0 Å². The zero-order valence-corrected chi connectivity index (χ0v) is 13.6. The fourth-order valence-corrected chi connectivity index (χ4v) is 3.96. The summed E-state index contributed by atoms with van der Waals surface area (Å²) in [5.74, 6) is -0.514. The van der Waals surface area contributed by atoms with Gasteiger partial charge in [0.2, 0.25) is 0 Å². The molecule has 0 fully saturated rings. The Morgan fingerprint density at radius 1 is 1.00 bits per heavy atom. The minimum atomic E-state index is -4.11. The van der Waals surface area contributed by atoms with Crippen LogP contribution in [0, 0.1) is 5.82 Å². The Morgan fingerprint density at radius 2 is 1.59 bits per heavy atom. The van der Waals surface area contributed by atoms with Crippen LogP contribution in [0.4, 0.5) is 10.1 Å². The van der Waals surface area contributed by atoms with Crippen LogP contribution in [-0.4, -0.2) is 23.1 Å². The van der Waals surface area contributed by atoms with Gasteiger partial charge in [-0.3, -0.25) is 4.72 Å². The Balaban J connectivity index is 2.47. The quantitative estimate of drug-likeness (QED) is 0.905. The van der Waals surface area contributed by atoms with E-state index in [1.165, 1.54) is 24.3 Å². The predicted molar refractivity (Wildman–Crippen MR) is 81.8 cm³/mol. The molecule has 1 N–H and O–H groups in total. The van der Waals surface area contributed by atoms with Crippen molar-refractivity contribution in [3.63, 3.8) is 0 Å². The van der Waals surface area contributed by atoms with E-state index in [1.807, 2.05) is 0 Å². The lowest BCUT2D eigenvalue weighted by Gasteiger charge is -2.10. The molecule has 0 saturated carbocycles. The fraction of sp³-hybridized carbons (Fsp3) is 0.0769. The van der Waals surface area contributed by atoms with E-state index < -0.39 is 25.7 Å². The lowest BCUT2D eigenvalue weighted by atomic mass is 10.3. The summed E-state index contributed by atoms with van der Waals surface area (Å²) in [5, 5.41) is -0.123. The van der Waals surface area contributed by atoms with Gasteiger partial charge in [0.15, 0.2) is 9.84 Å². The topological polar surface area (TPSA) is 80.3 Å². The third-order valence-corrected chi connectivity index (χ3v) is 5.69. The zero-order chi connectivity index (χ0) is 16.5. The summed E-state index contributed by atoms with van der Waals surface area (Å²) in [6.45, 7) is 0. The summed E-state index contributed by atoms with van der Waals surface area (Å²) >= 11 is 5.85. The highest BCUT2D eigenvalue weighted by atomic mass is 35.5. The molecule has 0 atom stereocenters. The van der Waals surface area contributed by atoms with Crippen molar-refractivity contribution in [2.75, 3.05) is 11.0 Å². The first-order valence-electron chi connectivity index (χ1n) is 5.87. The van der Waals surface area contributed by atoms with E-state index in [9.17, 15) is 21.2 Å². The van der Waals surface area contributed by atoms with Gasteiger partial charge >= 0.3 is 0 Å². The smallest absolute Gasteiger partial charge is 0.263 e. The van der Waals surface area contributed by atoms with Crippen molar-refractivity contribution >= 4 is 37.1 Å². The number of benzene rings is 2. The van der Waals surface area contributed by atoms with Gasteiger partial charge < -0.3 is 0 Å². The highest BCUT2D eigenvalue weighted by Gasteiger charge is 2.21. The minimum absolute atomic E-state index is 0.123. The number of halogens is 2. The second-order valence-corrected chi connectivity index (χ2v) is 8.55. The molecule has 2 rings (SSSR count). The van der Waals surface area contributed by atoms with Crippen molar-refractivity contribution < 1.29 is 21.2 Å². The Labute approximate surface area is 132 Å². The van der Waals surface area contributed by atoms with Gasteiger partial charge in [-0.25, -0.2) is 21.2 Å². The average molecular weight is 364 g/mol. The molecule has 0 heterocycles. The molecular weight excluding hydrogens is 353 g/mol. The molecule has 9 heteroatoms. The van der Waals surface area contributed by atoms with Gasteiger partial charge in [-0.1, -0.05) is 11.6 Å². The van der Waals surface area contributed by atoms with Gasteiger partial charge in [0.05, 0.1) is 9.92 Å². The number of anilines is 1. The average Bonchev–Trinajstić information content (AvgIpc) is 2.40. The van der Waals surface area contributed by atoms with Gasteiger partial charge in [0, 0.05) is 11.9 Å². The third kappa shape index (κ3) is 3.76. The number of sulfone groups is 1. The number of nitrogens with one attached hydrogen (secondary N) is 1. The van der Waals surface area contributed by atoms with Gasteiger partial charge in [0.1, 0.15) is 10.7 Å². The molecule has 0 unspecified atom stereocenters. The highest BCUT2D eigenvalue weighted by Crippen LogP contribution is 2.26. The lowest BCUT2D eigenvalue weighted by molar-refractivity contribution is 0.599. The second-order valence-electron chi connectivity index (χ2n) is 4.48. The van der Waals surface area contributed by atoms with Gasteiger partial charge in [-0.05, 0) is 42.5 Å².